The molecule has 0 fully saturated rings. The zero-order chi connectivity index (χ0) is 13.7. The van der Waals surface area contributed by atoms with Crippen molar-refractivity contribution in [3.63, 3.8) is 0 Å². The molecule has 0 aromatic heterocycles. The summed E-state index contributed by atoms with van der Waals surface area (Å²) >= 11 is 5.93. The van der Waals surface area contributed by atoms with Crippen molar-refractivity contribution < 1.29 is 14.7 Å². The van der Waals surface area contributed by atoms with Gasteiger partial charge in [-0.05, 0) is 30.5 Å². The molecule has 18 heavy (non-hydrogen) atoms. The predicted octanol–water partition coefficient (Wildman–Crippen LogP) is 2.49. The van der Waals surface area contributed by atoms with E-state index >= 15 is 0 Å². The molecule has 0 saturated heterocycles. The number of carboxylic acids is 1. The second-order valence-corrected chi connectivity index (χ2v) is 4.78. The van der Waals surface area contributed by atoms with E-state index in [-0.39, 0.29) is 18.2 Å². The smallest absolute Gasteiger partial charge is 0.303 e. The van der Waals surface area contributed by atoms with Crippen LogP contribution in [-0.4, -0.2) is 23.5 Å². The molecule has 0 heterocycles. The van der Waals surface area contributed by atoms with Crippen LogP contribution in [0.3, 0.4) is 0 Å². The molecular formula is C13H16ClNO3. The minimum absolute atomic E-state index is 0.0366. The van der Waals surface area contributed by atoms with Crippen LogP contribution in [0.2, 0.25) is 5.02 Å². The van der Waals surface area contributed by atoms with Gasteiger partial charge in [-0.3, -0.25) is 9.59 Å². The van der Waals surface area contributed by atoms with Crippen LogP contribution in [-0.2, 0) is 4.79 Å². The van der Waals surface area contributed by atoms with E-state index in [2.05, 4.69) is 5.32 Å². The highest BCUT2D eigenvalue weighted by atomic mass is 35.5. The van der Waals surface area contributed by atoms with Gasteiger partial charge >= 0.3 is 5.97 Å². The fourth-order valence-electron chi connectivity index (χ4n) is 1.47. The molecule has 1 aromatic carbocycles. The number of aliphatic carboxylic acids is 1. The topological polar surface area (TPSA) is 66.4 Å². The van der Waals surface area contributed by atoms with Crippen LogP contribution >= 0.6 is 11.6 Å². The fourth-order valence-corrected chi connectivity index (χ4v) is 1.65. The summed E-state index contributed by atoms with van der Waals surface area (Å²) in [5, 5.41) is 11.8. The Morgan fingerprint density at radius 2 is 2.11 bits per heavy atom. The van der Waals surface area contributed by atoms with E-state index < -0.39 is 5.97 Å². The number of amides is 1. The largest absolute Gasteiger partial charge is 0.481 e. The standard InChI is InChI=1S/C13H16ClNO3/c1-8(5-12(16)17)7-15-13(18)10-4-3-9(2)11(14)6-10/h3-4,6,8H,5,7H2,1-2H3,(H,15,18)(H,16,17). The van der Waals surface area contributed by atoms with Crippen LogP contribution < -0.4 is 5.32 Å². The van der Waals surface area contributed by atoms with E-state index in [1.165, 1.54) is 0 Å². The number of nitrogens with one attached hydrogen (secondary N) is 1. The summed E-state index contributed by atoms with van der Waals surface area (Å²) in [5.41, 5.74) is 1.39. The summed E-state index contributed by atoms with van der Waals surface area (Å²) in [4.78, 5) is 22.3. The minimum atomic E-state index is -0.866. The molecule has 0 aliphatic heterocycles. The Kier molecular flexibility index (Phi) is 5.16. The van der Waals surface area contributed by atoms with E-state index in [1.807, 2.05) is 6.92 Å². The van der Waals surface area contributed by atoms with Gasteiger partial charge in [0.25, 0.3) is 5.91 Å². The fraction of sp³-hybridized carbons (Fsp3) is 0.385. The first-order chi connectivity index (χ1) is 8.40. The van der Waals surface area contributed by atoms with E-state index in [9.17, 15) is 9.59 Å². The Balaban J connectivity index is 2.55. The molecule has 1 unspecified atom stereocenters. The third-order valence-electron chi connectivity index (χ3n) is 2.57. The van der Waals surface area contributed by atoms with Crippen LogP contribution in [0.15, 0.2) is 18.2 Å². The highest BCUT2D eigenvalue weighted by molar-refractivity contribution is 6.31. The summed E-state index contributed by atoms with van der Waals surface area (Å²) in [5.74, 6) is -1.21. The molecule has 1 amide bonds. The van der Waals surface area contributed by atoms with Crippen LogP contribution in [0.25, 0.3) is 0 Å². The Morgan fingerprint density at radius 1 is 1.44 bits per heavy atom. The van der Waals surface area contributed by atoms with Gasteiger partial charge in [-0.1, -0.05) is 24.6 Å². The summed E-state index contributed by atoms with van der Waals surface area (Å²) in [7, 11) is 0. The van der Waals surface area contributed by atoms with Gasteiger partial charge in [-0.25, -0.2) is 0 Å². The zero-order valence-electron chi connectivity index (χ0n) is 10.4. The average molecular weight is 270 g/mol. The van der Waals surface area contributed by atoms with Crippen LogP contribution in [0.4, 0.5) is 0 Å². The molecule has 0 bridgehead atoms. The van der Waals surface area contributed by atoms with E-state index in [4.69, 9.17) is 16.7 Å². The van der Waals surface area contributed by atoms with Crippen molar-refractivity contribution in [1.29, 1.82) is 0 Å². The van der Waals surface area contributed by atoms with Gasteiger partial charge in [0.2, 0.25) is 0 Å². The summed E-state index contributed by atoms with van der Waals surface area (Å²) in [6, 6.07) is 5.07. The first kappa shape index (κ1) is 14.5. The van der Waals surface area contributed by atoms with Crippen molar-refractivity contribution >= 4 is 23.5 Å². The lowest BCUT2D eigenvalue weighted by molar-refractivity contribution is -0.137. The number of hydrogen-bond acceptors (Lipinski definition) is 2. The van der Waals surface area contributed by atoms with Crippen molar-refractivity contribution in [2.75, 3.05) is 6.54 Å². The SMILES string of the molecule is Cc1ccc(C(=O)NCC(C)CC(=O)O)cc1Cl. The molecular weight excluding hydrogens is 254 g/mol. The monoisotopic (exact) mass is 269 g/mol. The van der Waals surface area contributed by atoms with Gasteiger partial charge in [0.15, 0.2) is 0 Å². The van der Waals surface area contributed by atoms with Crippen LogP contribution in [0.5, 0.6) is 0 Å². The van der Waals surface area contributed by atoms with Crippen molar-refractivity contribution in [2.45, 2.75) is 20.3 Å². The normalized spacial score (nSPS) is 11.9. The Morgan fingerprint density at radius 3 is 2.67 bits per heavy atom. The number of halogens is 1. The van der Waals surface area contributed by atoms with Gasteiger partial charge < -0.3 is 10.4 Å². The number of carboxylic acid groups (broad SMARTS) is 1. The Hall–Kier alpha value is -1.55. The molecule has 0 spiro atoms. The third kappa shape index (κ3) is 4.37. The highest BCUT2D eigenvalue weighted by Gasteiger charge is 2.11. The first-order valence-corrected chi connectivity index (χ1v) is 6.04. The molecule has 1 rings (SSSR count). The van der Waals surface area contributed by atoms with Crippen molar-refractivity contribution in [3.05, 3.63) is 34.3 Å². The first-order valence-electron chi connectivity index (χ1n) is 5.66. The number of rotatable bonds is 5. The number of carbonyl (C=O) groups excluding carboxylic acids is 1. The number of benzene rings is 1. The molecule has 1 atom stereocenters. The molecule has 2 N–H and O–H groups in total. The van der Waals surface area contributed by atoms with Gasteiger partial charge in [-0.2, -0.15) is 0 Å². The molecule has 1 aromatic rings. The van der Waals surface area contributed by atoms with Crippen molar-refractivity contribution in [2.24, 2.45) is 5.92 Å². The Bertz CT molecular complexity index is 460. The van der Waals surface area contributed by atoms with Crippen LogP contribution in [0, 0.1) is 12.8 Å². The molecule has 98 valence electrons. The number of aryl methyl sites for hydroxylation is 1. The lowest BCUT2D eigenvalue weighted by atomic mass is 10.1. The maximum atomic E-state index is 11.8. The zero-order valence-corrected chi connectivity index (χ0v) is 11.1. The van der Waals surface area contributed by atoms with Gasteiger partial charge in [0.05, 0.1) is 0 Å². The third-order valence-corrected chi connectivity index (χ3v) is 2.98. The van der Waals surface area contributed by atoms with Crippen LogP contribution in [0.1, 0.15) is 29.3 Å². The molecule has 0 saturated carbocycles. The van der Waals surface area contributed by atoms with Gasteiger partial charge in [-0.15, -0.1) is 0 Å². The molecule has 4 nitrogen and oxygen atoms in total. The molecule has 5 heteroatoms. The maximum absolute atomic E-state index is 11.8. The van der Waals surface area contributed by atoms with Gasteiger partial charge in [0.1, 0.15) is 0 Å². The van der Waals surface area contributed by atoms with E-state index in [1.54, 1.807) is 25.1 Å². The quantitative estimate of drug-likeness (QED) is 0.863. The second kappa shape index (κ2) is 6.40. The van der Waals surface area contributed by atoms with E-state index in [0.29, 0.717) is 17.1 Å². The maximum Gasteiger partial charge on any atom is 0.303 e. The van der Waals surface area contributed by atoms with Crippen molar-refractivity contribution in [3.8, 4) is 0 Å². The molecule has 0 radical (unpaired) electrons. The van der Waals surface area contributed by atoms with E-state index in [0.717, 1.165) is 5.56 Å². The lowest BCUT2D eigenvalue weighted by Crippen LogP contribution is -2.29. The van der Waals surface area contributed by atoms with Crippen molar-refractivity contribution in [1.82, 2.24) is 5.32 Å². The van der Waals surface area contributed by atoms with Gasteiger partial charge in [0, 0.05) is 23.6 Å². The second-order valence-electron chi connectivity index (χ2n) is 4.38. The summed E-state index contributed by atoms with van der Waals surface area (Å²) < 4.78 is 0. The number of hydrogen-bond donors (Lipinski definition) is 2. The highest BCUT2D eigenvalue weighted by Crippen LogP contribution is 2.16. The molecule has 0 aliphatic carbocycles. The number of carbonyl (C=O) groups is 2. The summed E-state index contributed by atoms with van der Waals surface area (Å²) in [6.07, 6.45) is 0.0366. The molecule has 0 aliphatic rings. The lowest BCUT2D eigenvalue weighted by Gasteiger charge is -2.10. The predicted molar refractivity (Wildman–Crippen MR) is 69.9 cm³/mol. The summed E-state index contributed by atoms with van der Waals surface area (Å²) in [6.45, 7) is 3.96. The average Bonchev–Trinajstić information content (AvgIpc) is 2.28. The Labute approximate surface area is 111 Å². The minimum Gasteiger partial charge on any atom is -0.481 e.